The first-order valence-corrected chi connectivity index (χ1v) is 3.84. The Labute approximate surface area is 74.4 Å². The molecule has 0 spiro atoms. The van der Waals surface area contributed by atoms with E-state index in [9.17, 15) is 9.59 Å². The van der Waals surface area contributed by atoms with Gasteiger partial charge >= 0.3 is 0 Å². The Hall–Kier alpha value is -0.280. The highest BCUT2D eigenvalue weighted by Crippen LogP contribution is 2.30. The summed E-state index contributed by atoms with van der Waals surface area (Å²) in [6.45, 7) is 3.12. The van der Waals surface area contributed by atoms with Gasteiger partial charge in [-0.25, -0.2) is 4.42 Å². The number of Topliss-reactive ketones (excluding diaryl/α,β-unsaturated/α-hetero) is 1. The molecule has 62 valence electrons. The van der Waals surface area contributed by atoms with Crippen LogP contribution in [0.15, 0.2) is 0 Å². The first kappa shape index (κ1) is 8.81. The van der Waals surface area contributed by atoms with E-state index in [2.05, 4.69) is 0 Å². The average molecular weight is 196 g/mol. The van der Waals surface area contributed by atoms with E-state index in [1.807, 2.05) is 0 Å². The Morgan fingerprint density at radius 3 is 2.00 bits per heavy atom. The van der Waals surface area contributed by atoms with E-state index in [1.165, 1.54) is 0 Å². The Balaban J connectivity index is 3.06. The minimum absolute atomic E-state index is 0.348. The van der Waals surface area contributed by atoms with Crippen molar-refractivity contribution in [3.05, 3.63) is 0 Å². The second-order valence-electron chi connectivity index (χ2n) is 2.90. The van der Waals surface area contributed by atoms with Crippen LogP contribution in [0.3, 0.4) is 0 Å². The first-order chi connectivity index (χ1) is 4.89. The van der Waals surface area contributed by atoms with E-state index < -0.39 is 16.8 Å². The van der Waals surface area contributed by atoms with Crippen LogP contribution in [-0.2, 0) is 9.59 Å². The molecule has 3 nitrogen and oxygen atoms in total. The highest BCUT2D eigenvalue weighted by atomic mass is 35.5. The normalized spacial score (nSPS) is 29.8. The van der Waals surface area contributed by atoms with E-state index in [4.69, 9.17) is 23.4 Å². The van der Waals surface area contributed by atoms with Crippen molar-refractivity contribution in [3.63, 3.8) is 0 Å². The van der Waals surface area contributed by atoms with Crippen LogP contribution in [0, 0.1) is 0 Å². The number of nitrogens with zero attached hydrogens (tertiary/aromatic N) is 1. The van der Waals surface area contributed by atoms with Gasteiger partial charge in [0, 0.05) is 11.8 Å². The Bertz CT molecular complexity index is 227. The summed E-state index contributed by atoms with van der Waals surface area (Å²) in [4.78, 5) is 22.1. The smallest absolute Gasteiger partial charge is 0.263 e. The summed E-state index contributed by atoms with van der Waals surface area (Å²) in [7, 11) is 0. The highest BCUT2D eigenvalue weighted by molar-refractivity contribution is 6.48. The minimum Gasteiger partial charge on any atom is -0.295 e. The molecule has 0 N–H and O–H groups in total. The highest BCUT2D eigenvalue weighted by Gasteiger charge is 2.51. The third kappa shape index (κ3) is 1.03. The Kier molecular flexibility index (Phi) is 1.89. The van der Waals surface area contributed by atoms with E-state index in [0.717, 1.165) is 4.42 Å². The molecule has 0 radical (unpaired) electrons. The summed E-state index contributed by atoms with van der Waals surface area (Å²) >= 11 is 11.0. The molecule has 1 saturated heterocycles. The second-order valence-corrected chi connectivity index (χ2v) is 3.68. The van der Waals surface area contributed by atoms with Crippen molar-refractivity contribution in [1.29, 1.82) is 0 Å². The zero-order chi connectivity index (χ0) is 8.81. The fourth-order valence-corrected chi connectivity index (χ4v) is 1.49. The average Bonchev–Trinajstić information content (AvgIpc) is 2.06. The lowest BCUT2D eigenvalue weighted by atomic mass is 10.0. The molecule has 1 amide bonds. The molecule has 5 heteroatoms. The molecule has 0 aromatic carbocycles. The summed E-state index contributed by atoms with van der Waals surface area (Å²) < 4.78 is 0.854. The van der Waals surface area contributed by atoms with Crippen molar-refractivity contribution < 1.29 is 9.59 Å². The topological polar surface area (TPSA) is 37.4 Å². The monoisotopic (exact) mass is 195 g/mol. The van der Waals surface area contributed by atoms with Gasteiger partial charge in [-0.1, -0.05) is 0 Å². The largest absolute Gasteiger partial charge is 0.295 e. The van der Waals surface area contributed by atoms with Gasteiger partial charge in [-0.15, -0.1) is 11.6 Å². The van der Waals surface area contributed by atoms with Crippen molar-refractivity contribution >= 4 is 35.1 Å². The number of rotatable bonds is 0. The molecule has 0 bridgehead atoms. The van der Waals surface area contributed by atoms with Crippen LogP contribution in [0.5, 0.6) is 0 Å². The predicted octanol–water partition coefficient (Wildman–Crippen LogP) is 0.938. The lowest BCUT2D eigenvalue weighted by Gasteiger charge is -2.21. The molecule has 0 aromatic rings. The summed E-state index contributed by atoms with van der Waals surface area (Å²) in [5, 5.41) is -1.11. The molecule has 1 unspecified atom stereocenters. The van der Waals surface area contributed by atoms with Crippen LogP contribution in [0.25, 0.3) is 0 Å². The molecule has 1 heterocycles. The number of carbonyl (C=O) groups excluding carboxylic acids is 2. The van der Waals surface area contributed by atoms with E-state index in [0.29, 0.717) is 0 Å². The van der Waals surface area contributed by atoms with Crippen molar-refractivity contribution in [2.24, 2.45) is 0 Å². The summed E-state index contributed by atoms with van der Waals surface area (Å²) in [5.41, 5.74) is -0.967. The number of amides is 1. The van der Waals surface area contributed by atoms with E-state index >= 15 is 0 Å². The first-order valence-electron chi connectivity index (χ1n) is 3.07. The Morgan fingerprint density at radius 2 is 1.91 bits per heavy atom. The van der Waals surface area contributed by atoms with Gasteiger partial charge in [0.1, 0.15) is 5.54 Å². The molecule has 1 fully saturated rings. The molecule has 0 saturated carbocycles. The van der Waals surface area contributed by atoms with Gasteiger partial charge in [-0.2, -0.15) is 0 Å². The van der Waals surface area contributed by atoms with Crippen molar-refractivity contribution in [2.75, 3.05) is 0 Å². The standard InChI is InChI=1S/C6H7Cl2NO2/c1-6(2)4(10)3(7)5(11)9(6)8/h3H,1-2H3. The van der Waals surface area contributed by atoms with E-state index in [-0.39, 0.29) is 5.78 Å². The third-order valence-corrected chi connectivity index (χ3v) is 2.71. The van der Waals surface area contributed by atoms with Gasteiger partial charge in [-0.05, 0) is 13.8 Å². The van der Waals surface area contributed by atoms with Gasteiger partial charge in [0.2, 0.25) is 0 Å². The number of hydrogen-bond donors (Lipinski definition) is 0. The van der Waals surface area contributed by atoms with Gasteiger partial charge in [-0.3, -0.25) is 9.59 Å². The van der Waals surface area contributed by atoms with Gasteiger partial charge in [0.05, 0.1) is 0 Å². The molecule has 1 aliphatic heterocycles. The number of halogens is 2. The molecule has 0 aliphatic carbocycles. The lowest BCUT2D eigenvalue weighted by molar-refractivity contribution is -0.125. The molecule has 1 atom stereocenters. The zero-order valence-electron chi connectivity index (χ0n) is 6.10. The maximum absolute atomic E-state index is 11.2. The predicted molar refractivity (Wildman–Crippen MR) is 41.4 cm³/mol. The van der Waals surface area contributed by atoms with Gasteiger partial charge in [0.15, 0.2) is 11.2 Å². The van der Waals surface area contributed by atoms with Crippen LogP contribution in [0.1, 0.15) is 13.8 Å². The lowest BCUT2D eigenvalue weighted by Crippen LogP contribution is -2.38. The second kappa shape index (κ2) is 2.35. The van der Waals surface area contributed by atoms with Crippen LogP contribution in [0.2, 0.25) is 0 Å². The minimum atomic E-state index is -1.11. The fraction of sp³-hybridized carbons (Fsp3) is 0.667. The summed E-state index contributed by atoms with van der Waals surface area (Å²) in [6, 6.07) is 0. The third-order valence-electron chi connectivity index (χ3n) is 1.73. The van der Waals surface area contributed by atoms with Crippen LogP contribution < -0.4 is 0 Å². The SMILES string of the molecule is CC1(C)C(=O)C(Cl)C(=O)N1Cl. The van der Waals surface area contributed by atoms with Crippen molar-refractivity contribution in [1.82, 2.24) is 4.42 Å². The molecule has 11 heavy (non-hydrogen) atoms. The number of ketones is 1. The Morgan fingerprint density at radius 1 is 1.45 bits per heavy atom. The quantitative estimate of drug-likeness (QED) is 0.328. The zero-order valence-corrected chi connectivity index (χ0v) is 7.61. The molecule has 1 rings (SSSR count). The van der Waals surface area contributed by atoms with Crippen molar-refractivity contribution in [3.8, 4) is 0 Å². The van der Waals surface area contributed by atoms with E-state index in [1.54, 1.807) is 13.8 Å². The summed E-state index contributed by atoms with van der Waals surface area (Å²) in [5.74, 6) is -0.887. The van der Waals surface area contributed by atoms with Crippen LogP contribution in [0.4, 0.5) is 0 Å². The number of alkyl halides is 1. The van der Waals surface area contributed by atoms with Gasteiger partial charge < -0.3 is 0 Å². The fourth-order valence-electron chi connectivity index (χ4n) is 0.894. The van der Waals surface area contributed by atoms with Crippen molar-refractivity contribution in [2.45, 2.75) is 24.8 Å². The maximum Gasteiger partial charge on any atom is 0.263 e. The molecule has 0 aromatic heterocycles. The maximum atomic E-state index is 11.2. The molecule has 1 aliphatic rings. The number of hydrogen-bond acceptors (Lipinski definition) is 2. The number of carbonyl (C=O) groups is 2. The summed E-state index contributed by atoms with van der Waals surface area (Å²) in [6.07, 6.45) is 0. The molecular weight excluding hydrogens is 189 g/mol. The van der Waals surface area contributed by atoms with Gasteiger partial charge in [0.25, 0.3) is 5.91 Å². The van der Waals surface area contributed by atoms with Crippen LogP contribution >= 0.6 is 23.4 Å². The molecular formula is C6H7Cl2NO2. The van der Waals surface area contributed by atoms with Crippen LogP contribution in [-0.4, -0.2) is 27.0 Å².